The zero-order chi connectivity index (χ0) is 13.3. The van der Waals surface area contributed by atoms with Crippen molar-refractivity contribution < 1.29 is 5.11 Å². The number of rotatable bonds is 4. The average Bonchev–Trinajstić information content (AvgIpc) is 2.38. The van der Waals surface area contributed by atoms with Crippen molar-refractivity contribution in [3.05, 3.63) is 60.7 Å². The number of hydrogen-bond acceptors (Lipinski definition) is 1. The van der Waals surface area contributed by atoms with Crippen molar-refractivity contribution in [2.45, 2.75) is 27.2 Å². The van der Waals surface area contributed by atoms with E-state index in [0.717, 1.165) is 23.1 Å². The molecule has 1 rings (SSSR count). The largest absolute Gasteiger partial charge is 0.508 e. The first kappa shape index (κ1) is 15.2. The van der Waals surface area contributed by atoms with Crippen LogP contribution in [0.3, 0.4) is 0 Å². The molecule has 0 atom stereocenters. The number of phenolic OH excluding ortho intramolecular Hbond substituents is 1. The van der Waals surface area contributed by atoms with E-state index < -0.39 is 0 Å². The first-order valence-electron chi connectivity index (χ1n) is 5.97. The van der Waals surface area contributed by atoms with Crippen LogP contribution in [0.5, 0.6) is 5.75 Å². The molecule has 0 aromatic heterocycles. The van der Waals surface area contributed by atoms with Gasteiger partial charge < -0.3 is 5.11 Å². The van der Waals surface area contributed by atoms with Crippen molar-refractivity contribution in [3.63, 3.8) is 0 Å². The SMILES string of the molecule is C=C(/C=C\C(=C)c1ccc(O)cc1)CC.CC. The Morgan fingerprint density at radius 2 is 1.65 bits per heavy atom. The molecule has 0 aliphatic heterocycles. The van der Waals surface area contributed by atoms with Crippen LogP contribution in [0.1, 0.15) is 32.8 Å². The summed E-state index contributed by atoms with van der Waals surface area (Å²) in [5.41, 5.74) is 3.01. The number of hydrogen-bond donors (Lipinski definition) is 1. The van der Waals surface area contributed by atoms with Gasteiger partial charge in [-0.2, -0.15) is 0 Å². The predicted molar refractivity (Wildman–Crippen MR) is 77.1 cm³/mol. The summed E-state index contributed by atoms with van der Waals surface area (Å²) in [6, 6.07) is 7.00. The zero-order valence-corrected chi connectivity index (χ0v) is 11.0. The second-order valence-electron chi connectivity index (χ2n) is 3.42. The minimum absolute atomic E-state index is 0.272. The highest BCUT2D eigenvalue weighted by Gasteiger charge is 1.94. The maximum Gasteiger partial charge on any atom is 0.115 e. The van der Waals surface area contributed by atoms with Crippen LogP contribution in [0, 0.1) is 0 Å². The molecule has 0 aliphatic rings. The summed E-state index contributed by atoms with van der Waals surface area (Å²) in [4.78, 5) is 0. The highest BCUT2D eigenvalue weighted by atomic mass is 16.3. The topological polar surface area (TPSA) is 20.2 Å². The molecule has 1 N–H and O–H groups in total. The maximum absolute atomic E-state index is 9.13. The minimum Gasteiger partial charge on any atom is -0.508 e. The molecule has 0 bridgehead atoms. The molecular formula is C16H22O. The van der Waals surface area contributed by atoms with Crippen molar-refractivity contribution in [2.24, 2.45) is 0 Å². The molecule has 0 saturated carbocycles. The van der Waals surface area contributed by atoms with Crippen molar-refractivity contribution in [1.82, 2.24) is 0 Å². The Labute approximate surface area is 105 Å². The summed E-state index contributed by atoms with van der Waals surface area (Å²) < 4.78 is 0. The highest BCUT2D eigenvalue weighted by Crippen LogP contribution is 2.18. The molecule has 0 fully saturated rings. The summed E-state index contributed by atoms with van der Waals surface area (Å²) in [6.07, 6.45) is 4.85. The summed E-state index contributed by atoms with van der Waals surface area (Å²) in [6.45, 7) is 13.9. The third kappa shape index (κ3) is 5.76. The van der Waals surface area contributed by atoms with Crippen LogP contribution in [0.2, 0.25) is 0 Å². The van der Waals surface area contributed by atoms with Gasteiger partial charge in [0, 0.05) is 0 Å². The lowest BCUT2D eigenvalue weighted by molar-refractivity contribution is 0.475. The van der Waals surface area contributed by atoms with E-state index in [1.165, 1.54) is 0 Å². The third-order valence-electron chi connectivity index (χ3n) is 2.21. The van der Waals surface area contributed by atoms with Gasteiger partial charge in [0.1, 0.15) is 5.75 Å². The first-order chi connectivity index (χ1) is 8.13. The van der Waals surface area contributed by atoms with E-state index in [4.69, 9.17) is 5.11 Å². The van der Waals surface area contributed by atoms with Crippen LogP contribution in [0.25, 0.3) is 5.57 Å². The third-order valence-corrected chi connectivity index (χ3v) is 2.21. The van der Waals surface area contributed by atoms with Gasteiger partial charge in [-0.3, -0.25) is 0 Å². The van der Waals surface area contributed by atoms with E-state index >= 15 is 0 Å². The van der Waals surface area contributed by atoms with Crippen molar-refractivity contribution in [2.75, 3.05) is 0 Å². The number of phenols is 1. The lowest BCUT2D eigenvalue weighted by Gasteiger charge is -2.00. The van der Waals surface area contributed by atoms with Crippen LogP contribution in [-0.4, -0.2) is 5.11 Å². The Balaban J connectivity index is 0.00000121. The number of allylic oxidation sites excluding steroid dienone is 4. The molecule has 0 amide bonds. The van der Waals surface area contributed by atoms with Gasteiger partial charge in [-0.05, 0) is 29.7 Å². The van der Waals surface area contributed by atoms with Crippen LogP contribution in [-0.2, 0) is 0 Å². The monoisotopic (exact) mass is 230 g/mol. The normalized spacial score (nSPS) is 9.59. The van der Waals surface area contributed by atoms with E-state index in [1.807, 2.05) is 38.1 Å². The Morgan fingerprint density at radius 1 is 1.12 bits per heavy atom. The lowest BCUT2D eigenvalue weighted by Crippen LogP contribution is -1.78. The van der Waals surface area contributed by atoms with Gasteiger partial charge in [0.25, 0.3) is 0 Å². The molecule has 0 unspecified atom stereocenters. The summed E-state index contributed by atoms with van der Waals surface area (Å²) >= 11 is 0. The molecule has 0 saturated heterocycles. The quantitative estimate of drug-likeness (QED) is 0.725. The van der Waals surface area contributed by atoms with E-state index in [2.05, 4.69) is 20.1 Å². The van der Waals surface area contributed by atoms with E-state index in [0.29, 0.717) is 0 Å². The Morgan fingerprint density at radius 3 is 2.12 bits per heavy atom. The fraction of sp³-hybridized carbons (Fsp3) is 0.250. The van der Waals surface area contributed by atoms with Crippen LogP contribution < -0.4 is 0 Å². The molecule has 1 aromatic rings. The van der Waals surface area contributed by atoms with Gasteiger partial charge >= 0.3 is 0 Å². The van der Waals surface area contributed by atoms with E-state index in [9.17, 15) is 0 Å². The van der Waals surface area contributed by atoms with Gasteiger partial charge in [0.05, 0.1) is 0 Å². The minimum atomic E-state index is 0.272. The fourth-order valence-corrected chi connectivity index (χ4v) is 1.11. The van der Waals surface area contributed by atoms with Crippen LogP contribution in [0.15, 0.2) is 55.1 Å². The Hall–Kier alpha value is -1.76. The molecule has 0 spiro atoms. The second-order valence-corrected chi connectivity index (χ2v) is 3.42. The maximum atomic E-state index is 9.13. The summed E-state index contributed by atoms with van der Waals surface area (Å²) in [5.74, 6) is 0.272. The first-order valence-corrected chi connectivity index (χ1v) is 5.97. The lowest BCUT2D eigenvalue weighted by atomic mass is 10.1. The molecule has 0 heterocycles. The van der Waals surface area contributed by atoms with Gasteiger partial charge in [-0.1, -0.05) is 63.8 Å². The van der Waals surface area contributed by atoms with Crippen LogP contribution >= 0.6 is 0 Å². The van der Waals surface area contributed by atoms with E-state index in [1.54, 1.807) is 12.1 Å². The Kier molecular flexibility index (Phi) is 7.53. The molecular weight excluding hydrogens is 208 g/mol. The predicted octanol–water partition coefficient (Wildman–Crippen LogP) is 4.95. The van der Waals surface area contributed by atoms with Gasteiger partial charge in [-0.15, -0.1) is 0 Å². The van der Waals surface area contributed by atoms with Gasteiger partial charge in [-0.25, -0.2) is 0 Å². The number of benzene rings is 1. The standard InChI is InChI=1S/C14H16O.C2H6/c1-4-11(2)5-6-12(3)13-7-9-14(15)10-8-13;1-2/h5-10,15H,2-4H2,1H3;1-2H3/b6-5-;. The average molecular weight is 230 g/mol. The molecule has 0 radical (unpaired) electrons. The molecule has 1 aromatic carbocycles. The molecule has 1 nitrogen and oxygen atoms in total. The van der Waals surface area contributed by atoms with Gasteiger partial charge in [0.2, 0.25) is 0 Å². The summed E-state index contributed by atoms with van der Waals surface area (Å²) in [7, 11) is 0. The molecule has 92 valence electrons. The summed E-state index contributed by atoms with van der Waals surface area (Å²) in [5, 5.41) is 9.13. The van der Waals surface area contributed by atoms with Crippen molar-refractivity contribution >= 4 is 5.57 Å². The zero-order valence-electron chi connectivity index (χ0n) is 11.0. The Bertz CT molecular complexity index is 382. The van der Waals surface area contributed by atoms with Crippen molar-refractivity contribution in [1.29, 1.82) is 0 Å². The van der Waals surface area contributed by atoms with E-state index in [-0.39, 0.29) is 5.75 Å². The smallest absolute Gasteiger partial charge is 0.115 e. The van der Waals surface area contributed by atoms with Crippen LogP contribution in [0.4, 0.5) is 0 Å². The number of aromatic hydroxyl groups is 1. The molecule has 17 heavy (non-hydrogen) atoms. The second kappa shape index (κ2) is 8.40. The molecule has 1 heteroatoms. The van der Waals surface area contributed by atoms with Crippen molar-refractivity contribution in [3.8, 4) is 5.75 Å². The van der Waals surface area contributed by atoms with Gasteiger partial charge in [0.15, 0.2) is 0 Å². The fourth-order valence-electron chi connectivity index (χ4n) is 1.11. The highest BCUT2D eigenvalue weighted by molar-refractivity contribution is 5.72. The molecule has 0 aliphatic carbocycles.